The predicted octanol–water partition coefficient (Wildman–Crippen LogP) is 4.03. The molecule has 0 saturated carbocycles. The normalized spacial score (nSPS) is 11.4. The van der Waals surface area contributed by atoms with Crippen LogP contribution >= 0.6 is 23.2 Å². The van der Waals surface area contributed by atoms with Crippen molar-refractivity contribution < 1.29 is 22.7 Å². The van der Waals surface area contributed by atoms with E-state index >= 15 is 0 Å². The zero-order chi connectivity index (χ0) is 18.2. The number of alkyl halides is 3. The van der Waals surface area contributed by atoms with Crippen molar-refractivity contribution in [2.24, 2.45) is 0 Å². The standard InChI is InChI=1S/C14H10Cl2F3N3O2/c1-24-13(23)12-11(16)9(21)4-10(22-12)5-2-7(15)6(3-8(5)20)14(17,18)19/h2-4H,20H2,1H3,(H2,21,22). The monoisotopic (exact) mass is 379 g/mol. The number of aromatic nitrogens is 1. The zero-order valence-corrected chi connectivity index (χ0v) is 13.6. The second-order valence-corrected chi connectivity index (χ2v) is 5.45. The fourth-order valence-electron chi connectivity index (χ4n) is 1.95. The van der Waals surface area contributed by atoms with Crippen molar-refractivity contribution in [3.63, 3.8) is 0 Å². The lowest BCUT2D eigenvalue weighted by Gasteiger charge is -2.14. The van der Waals surface area contributed by atoms with Gasteiger partial charge < -0.3 is 16.2 Å². The fraction of sp³-hybridized carbons (Fsp3) is 0.143. The molecule has 0 aliphatic heterocycles. The number of halogens is 5. The van der Waals surface area contributed by atoms with Crippen LogP contribution in [0.25, 0.3) is 11.3 Å². The number of rotatable bonds is 2. The van der Waals surface area contributed by atoms with Crippen LogP contribution in [0.1, 0.15) is 16.1 Å². The number of nitrogens with two attached hydrogens (primary N) is 2. The van der Waals surface area contributed by atoms with E-state index < -0.39 is 22.7 Å². The highest BCUT2D eigenvalue weighted by Crippen LogP contribution is 2.40. The van der Waals surface area contributed by atoms with Gasteiger partial charge in [-0.25, -0.2) is 9.78 Å². The Morgan fingerprint density at radius 3 is 2.33 bits per heavy atom. The molecule has 2 aromatic rings. The molecule has 24 heavy (non-hydrogen) atoms. The van der Waals surface area contributed by atoms with Gasteiger partial charge in [0.15, 0.2) is 5.69 Å². The first kappa shape index (κ1) is 18.2. The van der Waals surface area contributed by atoms with Crippen molar-refractivity contribution >= 4 is 40.5 Å². The Hall–Kier alpha value is -2.19. The van der Waals surface area contributed by atoms with Gasteiger partial charge in [-0.3, -0.25) is 0 Å². The van der Waals surface area contributed by atoms with Gasteiger partial charge in [-0.1, -0.05) is 23.2 Å². The average molecular weight is 380 g/mol. The number of anilines is 2. The van der Waals surface area contributed by atoms with Crippen molar-refractivity contribution in [1.29, 1.82) is 0 Å². The van der Waals surface area contributed by atoms with Gasteiger partial charge in [-0.2, -0.15) is 13.2 Å². The van der Waals surface area contributed by atoms with Crippen LogP contribution in [0.4, 0.5) is 24.5 Å². The van der Waals surface area contributed by atoms with E-state index in [1.807, 2.05) is 0 Å². The summed E-state index contributed by atoms with van der Waals surface area (Å²) in [6.07, 6.45) is -4.66. The first-order valence-electron chi connectivity index (χ1n) is 6.27. The van der Waals surface area contributed by atoms with Gasteiger partial charge in [0.25, 0.3) is 0 Å². The van der Waals surface area contributed by atoms with Crippen molar-refractivity contribution in [3.05, 3.63) is 39.5 Å². The summed E-state index contributed by atoms with van der Waals surface area (Å²) < 4.78 is 43.1. The average Bonchev–Trinajstić information content (AvgIpc) is 2.50. The molecule has 0 atom stereocenters. The third-order valence-corrected chi connectivity index (χ3v) is 3.80. The molecule has 4 N–H and O–H groups in total. The number of benzene rings is 1. The van der Waals surface area contributed by atoms with Gasteiger partial charge in [0.05, 0.1) is 34.1 Å². The van der Waals surface area contributed by atoms with Crippen LogP contribution in [-0.4, -0.2) is 18.1 Å². The number of ether oxygens (including phenoxy) is 1. The maximum absolute atomic E-state index is 12.8. The minimum Gasteiger partial charge on any atom is -0.464 e. The van der Waals surface area contributed by atoms with Crippen molar-refractivity contribution in [2.75, 3.05) is 18.6 Å². The number of carbonyl (C=O) groups excluding carboxylic acids is 1. The smallest absolute Gasteiger partial charge is 0.417 e. The lowest BCUT2D eigenvalue weighted by atomic mass is 10.0. The molecule has 0 bridgehead atoms. The van der Waals surface area contributed by atoms with Gasteiger partial charge >= 0.3 is 12.1 Å². The number of nitrogens with zero attached hydrogens (tertiary/aromatic N) is 1. The Labute approximate surface area is 144 Å². The van der Waals surface area contributed by atoms with Gasteiger partial charge in [0.2, 0.25) is 0 Å². The third-order valence-electron chi connectivity index (χ3n) is 3.09. The largest absolute Gasteiger partial charge is 0.464 e. The van der Waals surface area contributed by atoms with Gasteiger partial charge in [0, 0.05) is 11.3 Å². The van der Waals surface area contributed by atoms with Crippen molar-refractivity contribution in [2.45, 2.75) is 6.18 Å². The molecule has 2 rings (SSSR count). The quantitative estimate of drug-likeness (QED) is 0.607. The molecular weight excluding hydrogens is 370 g/mol. The summed E-state index contributed by atoms with van der Waals surface area (Å²) in [5, 5.41) is -0.705. The first-order valence-corrected chi connectivity index (χ1v) is 7.02. The van der Waals surface area contributed by atoms with Crippen LogP contribution < -0.4 is 11.5 Å². The van der Waals surface area contributed by atoms with E-state index in [0.29, 0.717) is 6.07 Å². The summed E-state index contributed by atoms with van der Waals surface area (Å²) in [7, 11) is 1.12. The third kappa shape index (κ3) is 3.34. The summed E-state index contributed by atoms with van der Waals surface area (Å²) >= 11 is 11.6. The van der Waals surface area contributed by atoms with Crippen LogP contribution in [0.5, 0.6) is 0 Å². The molecule has 0 radical (unpaired) electrons. The minimum absolute atomic E-state index is 0.0162. The number of methoxy groups -OCH3 is 1. The number of hydrogen-bond donors (Lipinski definition) is 2. The molecule has 128 valence electrons. The van der Waals surface area contributed by atoms with E-state index in [0.717, 1.165) is 13.2 Å². The van der Waals surface area contributed by atoms with Crippen LogP contribution in [-0.2, 0) is 10.9 Å². The molecule has 0 spiro atoms. The Bertz CT molecular complexity index is 826. The molecule has 0 unspecified atom stereocenters. The Balaban J connectivity index is 2.67. The lowest BCUT2D eigenvalue weighted by Crippen LogP contribution is -2.10. The van der Waals surface area contributed by atoms with Gasteiger partial charge in [0.1, 0.15) is 0 Å². The van der Waals surface area contributed by atoms with Crippen molar-refractivity contribution in [3.8, 4) is 11.3 Å². The van der Waals surface area contributed by atoms with Gasteiger partial charge in [-0.15, -0.1) is 0 Å². The SMILES string of the molecule is COC(=O)c1nc(-c2cc(Cl)c(C(F)(F)F)cc2N)cc(N)c1Cl. The summed E-state index contributed by atoms with van der Waals surface area (Å²) in [5.74, 6) is -0.856. The predicted molar refractivity (Wildman–Crippen MR) is 84.9 cm³/mol. The molecule has 5 nitrogen and oxygen atoms in total. The minimum atomic E-state index is -4.66. The zero-order valence-electron chi connectivity index (χ0n) is 12.0. The molecule has 0 aliphatic rings. The molecule has 10 heteroatoms. The van der Waals surface area contributed by atoms with E-state index in [1.165, 1.54) is 6.07 Å². The summed E-state index contributed by atoms with van der Waals surface area (Å²) in [4.78, 5) is 15.6. The highest BCUT2D eigenvalue weighted by Gasteiger charge is 2.34. The number of esters is 1. The molecule has 0 fully saturated rings. The topological polar surface area (TPSA) is 91.2 Å². The Morgan fingerprint density at radius 2 is 1.79 bits per heavy atom. The number of hydrogen-bond acceptors (Lipinski definition) is 5. The second kappa shape index (κ2) is 6.37. The van der Waals surface area contributed by atoms with Crippen LogP contribution in [0.2, 0.25) is 10.0 Å². The summed E-state index contributed by atoms with van der Waals surface area (Å²) in [5.41, 5.74) is 9.86. The Kier molecular flexibility index (Phi) is 4.82. The van der Waals surface area contributed by atoms with E-state index in [1.54, 1.807) is 0 Å². The van der Waals surface area contributed by atoms with Crippen LogP contribution in [0.3, 0.4) is 0 Å². The van der Waals surface area contributed by atoms with Crippen LogP contribution in [0.15, 0.2) is 18.2 Å². The second-order valence-electron chi connectivity index (χ2n) is 4.67. The van der Waals surface area contributed by atoms with E-state index in [2.05, 4.69) is 9.72 Å². The number of pyridine rings is 1. The molecule has 1 aromatic carbocycles. The molecule has 1 heterocycles. The van der Waals surface area contributed by atoms with Crippen molar-refractivity contribution in [1.82, 2.24) is 4.98 Å². The molecule has 1 aromatic heterocycles. The van der Waals surface area contributed by atoms with Gasteiger partial charge in [-0.05, 0) is 18.2 Å². The highest BCUT2D eigenvalue weighted by molar-refractivity contribution is 6.35. The molecule has 0 aliphatic carbocycles. The maximum atomic E-state index is 12.8. The van der Waals surface area contributed by atoms with E-state index in [9.17, 15) is 18.0 Å². The molecule has 0 saturated heterocycles. The molecule has 0 amide bonds. The first-order chi connectivity index (χ1) is 11.1. The van der Waals surface area contributed by atoms with Crippen LogP contribution in [0, 0.1) is 0 Å². The summed E-state index contributed by atoms with van der Waals surface area (Å²) in [6, 6.07) is 2.95. The molecular formula is C14H10Cl2F3N3O2. The lowest BCUT2D eigenvalue weighted by molar-refractivity contribution is -0.137. The summed E-state index contributed by atoms with van der Waals surface area (Å²) in [6.45, 7) is 0. The highest BCUT2D eigenvalue weighted by atomic mass is 35.5. The number of nitrogen functional groups attached to an aromatic ring is 2. The number of carbonyl (C=O) groups is 1. The maximum Gasteiger partial charge on any atom is 0.417 e. The van der Waals surface area contributed by atoms with E-state index in [-0.39, 0.29) is 33.3 Å². The van der Waals surface area contributed by atoms with E-state index in [4.69, 9.17) is 34.7 Å². The fourth-order valence-corrected chi connectivity index (χ4v) is 2.39. The Morgan fingerprint density at radius 1 is 1.17 bits per heavy atom.